The van der Waals surface area contributed by atoms with Gasteiger partial charge in [-0.2, -0.15) is 0 Å². The van der Waals surface area contributed by atoms with Gasteiger partial charge in [0.1, 0.15) is 11.2 Å². The summed E-state index contributed by atoms with van der Waals surface area (Å²) in [6.45, 7) is 2.10. The molecule has 1 nitrogen and oxygen atoms in total. The second-order valence-electron chi connectivity index (χ2n) is 12.3. The van der Waals surface area contributed by atoms with Gasteiger partial charge in [0, 0.05) is 21.7 Å². The predicted octanol–water partition coefficient (Wildman–Crippen LogP) is 12.8. The molecule has 0 aliphatic rings. The molecule has 1 heteroatoms. The SMILES string of the molecule is C#Cc1ccccc1/C(=C\C)c1c2ccccc2c(-c2cccc(-c3ccc4c(c3)oc3c5ccccc5ccc43)c2)c2ccccc12. The van der Waals surface area contributed by atoms with E-state index in [4.69, 9.17) is 10.8 Å². The van der Waals surface area contributed by atoms with E-state index in [2.05, 4.69) is 158 Å². The number of hydrogen-bond acceptors (Lipinski definition) is 1. The molecule has 224 valence electrons. The molecule has 0 fully saturated rings. The van der Waals surface area contributed by atoms with Gasteiger partial charge >= 0.3 is 0 Å². The van der Waals surface area contributed by atoms with Crippen LogP contribution in [-0.4, -0.2) is 0 Å². The van der Waals surface area contributed by atoms with Gasteiger partial charge in [0.15, 0.2) is 0 Å². The molecule has 0 aliphatic carbocycles. The summed E-state index contributed by atoms with van der Waals surface area (Å²) in [7, 11) is 0. The topological polar surface area (TPSA) is 13.1 Å². The number of furan rings is 1. The fraction of sp³-hybridized carbons (Fsp3) is 0.0213. The van der Waals surface area contributed by atoms with E-state index in [-0.39, 0.29) is 0 Å². The van der Waals surface area contributed by atoms with E-state index >= 15 is 0 Å². The Morgan fingerprint density at radius 2 is 1.17 bits per heavy atom. The average Bonchev–Trinajstić information content (AvgIpc) is 3.53. The molecule has 0 amide bonds. The van der Waals surface area contributed by atoms with Crippen LogP contribution in [0.3, 0.4) is 0 Å². The second-order valence-corrected chi connectivity index (χ2v) is 12.3. The molecule has 0 spiro atoms. The minimum absolute atomic E-state index is 0.894. The van der Waals surface area contributed by atoms with Crippen molar-refractivity contribution in [3.8, 4) is 34.6 Å². The molecule has 9 aromatic rings. The Morgan fingerprint density at radius 3 is 1.92 bits per heavy atom. The van der Waals surface area contributed by atoms with E-state index in [1.807, 2.05) is 12.1 Å². The van der Waals surface area contributed by atoms with Crippen molar-refractivity contribution in [2.75, 3.05) is 0 Å². The number of rotatable bonds is 4. The van der Waals surface area contributed by atoms with Gasteiger partial charge in [-0.25, -0.2) is 0 Å². The van der Waals surface area contributed by atoms with Crippen molar-refractivity contribution in [1.29, 1.82) is 0 Å². The first-order chi connectivity index (χ1) is 23.7. The van der Waals surface area contributed by atoms with Crippen LogP contribution >= 0.6 is 0 Å². The van der Waals surface area contributed by atoms with Gasteiger partial charge in [-0.3, -0.25) is 0 Å². The van der Waals surface area contributed by atoms with Crippen LogP contribution < -0.4 is 0 Å². The zero-order valence-corrected chi connectivity index (χ0v) is 26.5. The van der Waals surface area contributed by atoms with Crippen molar-refractivity contribution in [1.82, 2.24) is 0 Å². The number of benzene rings is 8. The van der Waals surface area contributed by atoms with Crippen LogP contribution in [0.2, 0.25) is 0 Å². The molecule has 1 heterocycles. The molecule has 0 N–H and O–H groups in total. The van der Waals surface area contributed by atoms with Gasteiger partial charge in [0.05, 0.1) is 0 Å². The molecule has 48 heavy (non-hydrogen) atoms. The van der Waals surface area contributed by atoms with Crippen LogP contribution in [0.15, 0.2) is 162 Å². The maximum atomic E-state index is 6.54. The lowest BCUT2D eigenvalue weighted by Gasteiger charge is -2.20. The van der Waals surface area contributed by atoms with Crippen molar-refractivity contribution in [3.05, 3.63) is 174 Å². The maximum absolute atomic E-state index is 6.54. The largest absolute Gasteiger partial charge is 0.455 e. The maximum Gasteiger partial charge on any atom is 0.143 e. The summed E-state index contributed by atoms with van der Waals surface area (Å²) >= 11 is 0. The highest BCUT2D eigenvalue weighted by Gasteiger charge is 2.20. The number of terminal acetylenes is 1. The Hall–Kier alpha value is -6.36. The van der Waals surface area contributed by atoms with Crippen molar-refractivity contribution >= 4 is 59.8 Å². The van der Waals surface area contributed by atoms with E-state index in [1.54, 1.807) is 0 Å². The standard InChI is InChI=1S/C47H30O/c1-3-30-14-5-7-18-36(30)35(4-2)46-41-22-11-9-20-39(41)45(40-21-10-12-23-42(40)46)34-17-13-16-32(28-34)33-25-26-38-43-27-24-31-15-6-8-19-37(31)47(43)48-44(38)29-33/h1,4-29H,2H3/b35-4+. The molecule has 0 radical (unpaired) electrons. The fourth-order valence-electron chi connectivity index (χ4n) is 7.55. The zero-order valence-electron chi connectivity index (χ0n) is 26.5. The van der Waals surface area contributed by atoms with Gasteiger partial charge < -0.3 is 4.42 Å². The van der Waals surface area contributed by atoms with E-state index in [0.717, 1.165) is 55.2 Å². The van der Waals surface area contributed by atoms with Gasteiger partial charge in [0.2, 0.25) is 0 Å². The molecular formula is C47H30O. The molecule has 9 rings (SSSR count). The van der Waals surface area contributed by atoms with E-state index < -0.39 is 0 Å². The Kier molecular flexibility index (Phi) is 6.49. The lowest BCUT2D eigenvalue weighted by molar-refractivity contribution is 0.673. The van der Waals surface area contributed by atoms with E-state index in [9.17, 15) is 0 Å². The van der Waals surface area contributed by atoms with Crippen LogP contribution in [0.4, 0.5) is 0 Å². The Morgan fingerprint density at radius 1 is 0.542 bits per heavy atom. The van der Waals surface area contributed by atoms with Crippen molar-refractivity contribution in [3.63, 3.8) is 0 Å². The molecule has 0 aliphatic heterocycles. The molecular weight excluding hydrogens is 581 g/mol. The minimum atomic E-state index is 0.894. The Bertz CT molecular complexity index is 2740. The quantitative estimate of drug-likeness (QED) is 0.143. The van der Waals surface area contributed by atoms with Gasteiger partial charge in [-0.15, -0.1) is 6.42 Å². The number of hydrogen-bond donors (Lipinski definition) is 0. The van der Waals surface area contributed by atoms with Gasteiger partial charge in [-0.05, 0) is 103 Å². The molecule has 0 saturated carbocycles. The highest BCUT2D eigenvalue weighted by atomic mass is 16.3. The molecule has 0 unspecified atom stereocenters. The van der Waals surface area contributed by atoms with E-state index in [0.29, 0.717) is 0 Å². The lowest BCUT2D eigenvalue weighted by Crippen LogP contribution is -1.97. The summed E-state index contributed by atoms with van der Waals surface area (Å²) in [5.74, 6) is 2.91. The zero-order chi connectivity index (χ0) is 32.2. The average molecular weight is 611 g/mol. The van der Waals surface area contributed by atoms with Crippen molar-refractivity contribution in [2.24, 2.45) is 0 Å². The van der Waals surface area contributed by atoms with E-state index in [1.165, 1.54) is 43.6 Å². The predicted molar refractivity (Wildman–Crippen MR) is 204 cm³/mol. The summed E-state index contributed by atoms with van der Waals surface area (Å²) in [6.07, 6.45) is 8.19. The van der Waals surface area contributed by atoms with Crippen LogP contribution in [0, 0.1) is 12.3 Å². The third-order valence-corrected chi connectivity index (χ3v) is 9.71. The van der Waals surface area contributed by atoms with Crippen LogP contribution in [0.5, 0.6) is 0 Å². The monoisotopic (exact) mass is 610 g/mol. The third-order valence-electron chi connectivity index (χ3n) is 9.71. The summed E-state index contributed by atoms with van der Waals surface area (Å²) in [4.78, 5) is 0. The number of allylic oxidation sites excluding steroid dienone is 1. The second kappa shape index (κ2) is 11.2. The first-order valence-electron chi connectivity index (χ1n) is 16.3. The molecule has 0 atom stereocenters. The summed E-state index contributed by atoms with van der Waals surface area (Å²) in [5.41, 5.74) is 10.8. The van der Waals surface area contributed by atoms with Crippen LogP contribution in [0.25, 0.3) is 82.1 Å². The van der Waals surface area contributed by atoms with Gasteiger partial charge in [0.25, 0.3) is 0 Å². The summed E-state index contributed by atoms with van der Waals surface area (Å²) in [6, 6.07) is 54.0. The van der Waals surface area contributed by atoms with Gasteiger partial charge in [-0.1, -0.05) is 133 Å². The number of fused-ring (bicyclic) bond motifs is 7. The Balaban J connectivity index is 1.25. The van der Waals surface area contributed by atoms with Crippen molar-refractivity contribution < 1.29 is 4.42 Å². The molecule has 8 aromatic carbocycles. The molecule has 0 bridgehead atoms. The highest BCUT2D eigenvalue weighted by Crippen LogP contribution is 2.44. The third kappa shape index (κ3) is 4.28. The minimum Gasteiger partial charge on any atom is -0.455 e. The Labute approximate surface area is 279 Å². The summed E-state index contributed by atoms with van der Waals surface area (Å²) in [5, 5.41) is 9.42. The first-order valence-corrected chi connectivity index (χ1v) is 16.3. The van der Waals surface area contributed by atoms with Crippen LogP contribution in [0.1, 0.15) is 23.6 Å². The normalized spacial score (nSPS) is 12.0. The van der Waals surface area contributed by atoms with Crippen LogP contribution in [-0.2, 0) is 0 Å². The molecule has 0 saturated heterocycles. The highest BCUT2D eigenvalue weighted by molar-refractivity contribution is 6.20. The lowest BCUT2D eigenvalue weighted by atomic mass is 9.83. The summed E-state index contributed by atoms with van der Waals surface area (Å²) < 4.78 is 6.54. The van der Waals surface area contributed by atoms with Crippen molar-refractivity contribution in [2.45, 2.75) is 6.92 Å². The fourth-order valence-corrected chi connectivity index (χ4v) is 7.55. The first kappa shape index (κ1) is 27.9. The molecule has 1 aromatic heterocycles. The smallest absolute Gasteiger partial charge is 0.143 e.